The van der Waals surface area contributed by atoms with Crippen molar-refractivity contribution in [2.24, 2.45) is 4.99 Å². The van der Waals surface area contributed by atoms with Gasteiger partial charge in [-0.2, -0.15) is 11.3 Å². The van der Waals surface area contributed by atoms with Crippen LogP contribution in [0.25, 0.3) is 0 Å². The fourth-order valence-electron chi connectivity index (χ4n) is 2.34. The molecule has 3 nitrogen and oxygen atoms in total. The van der Waals surface area contributed by atoms with E-state index >= 15 is 0 Å². The van der Waals surface area contributed by atoms with E-state index in [9.17, 15) is 0 Å². The maximum Gasteiger partial charge on any atom is 0.191 e. The molecule has 0 aliphatic rings. The Hall–Kier alpha value is -1.81. The normalized spacial score (nSPS) is 11.5. The molecule has 1 heterocycles. The van der Waals surface area contributed by atoms with Crippen molar-refractivity contribution in [1.29, 1.82) is 0 Å². The lowest BCUT2D eigenvalue weighted by Crippen LogP contribution is -2.37. The van der Waals surface area contributed by atoms with Crippen molar-refractivity contribution < 1.29 is 0 Å². The highest BCUT2D eigenvalue weighted by atomic mass is 32.1. The van der Waals surface area contributed by atoms with Crippen LogP contribution in [0, 0.1) is 13.8 Å². The molecule has 2 aromatic rings. The predicted octanol–water partition coefficient (Wildman–Crippen LogP) is 3.27. The van der Waals surface area contributed by atoms with Crippen molar-refractivity contribution in [3.8, 4) is 0 Å². The number of hydrogen-bond donors (Lipinski definition) is 2. The summed E-state index contributed by atoms with van der Waals surface area (Å²) in [7, 11) is 1.81. The molecule has 4 heteroatoms. The molecular weight excluding hydrogens is 278 g/mol. The third-order valence-electron chi connectivity index (χ3n) is 3.25. The van der Waals surface area contributed by atoms with Gasteiger partial charge in [-0.3, -0.25) is 4.99 Å². The van der Waals surface area contributed by atoms with Crippen LogP contribution in [-0.2, 0) is 13.0 Å². The molecule has 0 saturated heterocycles. The van der Waals surface area contributed by atoms with Crippen LogP contribution in [-0.4, -0.2) is 19.6 Å². The highest BCUT2D eigenvalue weighted by Gasteiger charge is 2.00. The number of benzene rings is 1. The first-order valence-electron chi connectivity index (χ1n) is 7.20. The van der Waals surface area contributed by atoms with Gasteiger partial charge in [0.05, 0.1) is 0 Å². The standard InChI is InChI=1S/C17H23N3S/c1-13-8-14(2)10-15(9-13)4-6-19-17(18-3)20-11-16-5-7-21-12-16/h5,7-10,12H,4,6,11H2,1-3H3,(H2,18,19,20). The summed E-state index contributed by atoms with van der Waals surface area (Å²) in [6, 6.07) is 8.82. The number of aryl methyl sites for hydroxylation is 2. The molecule has 0 amide bonds. The molecule has 1 aromatic carbocycles. The van der Waals surface area contributed by atoms with Gasteiger partial charge in [-0.25, -0.2) is 0 Å². The van der Waals surface area contributed by atoms with E-state index in [-0.39, 0.29) is 0 Å². The number of rotatable bonds is 5. The van der Waals surface area contributed by atoms with Gasteiger partial charge in [-0.1, -0.05) is 29.3 Å². The number of hydrogen-bond acceptors (Lipinski definition) is 2. The number of aliphatic imine (C=N–C) groups is 1. The van der Waals surface area contributed by atoms with E-state index in [1.165, 1.54) is 22.3 Å². The van der Waals surface area contributed by atoms with Gasteiger partial charge in [0, 0.05) is 20.1 Å². The van der Waals surface area contributed by atoms with Crippen LogP contribution < -0.4 is 10.6 Å². The SMILES string of the molecule is CN=C(NCCc1cc(C)cc(C)c1)NCc1ccsc1. The van der Waals surface area contributed by atoms with Gasteiger partial charge in [-0.15, -0.1) is 0 Å². The average molecular weight is 301 g/mol. The Bertz CT molecular complexity index is 568. The third-order valence-corrected chi connectivity index (χ3v) is 3.98. The number of nitrogens with zero attached hydrogens (tertiary/aromatic N) is 1. The van der Waals surface area contributed by atoms with Crippen molar-refractivity contribution in [3.05, 3.63) is 57.3 Å². The third kappa shape index (κ3) is 5.23. The van der Waals surface area contributed by atoms with Gasteiger partial charge < -0.3 is 10.6 Å². The zero-order valence-electron chi connectivity index (χ0n) is 12.9. The van der Waals surface area contributed by atoms with Gasteiger partial charge in [0.15, 0.2) is 5.96 Å². The molecule has 2 N–H and O–H groups in total. The van der Waals surface area contributed by atoms with Gasteiger partial charge in [0.2, 0.25) is 0 Å². The van der Waals surface area contributed by atoms with Gasteiger partial charge in [0.1, 0.15) is 0 Å². The second-order valence-corrected chi connectivity index (χ2v) is 6.01. The Kier molecular flexibility index (Phi) is 5.81. The number of guanidine groups is 1. The van der Waals surface area contributed by atoms with E-state index in [0.29, 0.717) is 0 Å². The zero-order chi connectivity index (χ0) is 15.1. The Morgan fingerprint density at radius 3 is 2.48 bits per heavy atom. The lowest BCUT2D eigenvalue weighted by molar-refractivity contribution is 0.795. The van der Waals surface area contributed by atoms with Crippen LogP contribution in [0.3, 0.4) is 0 Å². The first-order chi connectivity index (χ1) is 10.2. The summed E-state index contributed by atoms with van der Waals surface area (Å²) < 4.78 is 0. The van der Waals surface area contributed by atoms with Crippen LogP contribution in [0.4, 0.5) is 0 Å². The molecule has 0 bridgehead atoms. The summed E-state index contributed by atoms with van der Waals surface area (Å²) in [5, 5.41) is 10.9. The van der Waals surface area contributed by atoms with Crippen molar-refractivity contribution >= 4 is 17.3 Å². The number of nitrogens with one attached hydrogen (secondary N) is 2. The molecule has 112 valence electrons. The topological polar surface area (TPSA) is 36.4 Å². The molecule has 0 radical (unpaired) electrons. The first-order valence-corrected chi connectivity index (χ1v) is 8.14. The van der Waals surface area contributed by atoms with Crippen LogP contribution in [0.2, 0.25) is 0 Å². The lowest BCUT2D eigenvalue weighted by atomic mass is 10.1. The summed E-state index contributed by atoms with van der Waals surface area (Å²) >= 11 is 1.72. The number of thiophene rings is 1. The van der Waals surface area contributed by atoms with Crippen molar-refractivity contribution in [2.45, 2.75) is 26.8 Å². The molecule has 0 atom stereocenters. The van der Waals surface area contributed by atoms with Crippen LogP contribution >= 0.6 is 11.3 Å². The second-order valence-electron chi connectivity index (χ2n) is 5.23. The van der Waals surface area contributed by atoms with Crippen molar-refractivity contribution in [3.63, 3.8) is 0 Å². The van der Waals surface area contributed by atoms with Gasteiger partial charge in [0.25, 0.3) is 0 Å². The molecule has 0 saturated carbocycles. The zero-order valence-corrected chi connectivity index (χ0v) is 13.8. The highest BCUT2D eigenvalue weighted by molar-refractivity contribution is 7.07. The minimum absolute atomic E-state index is 0.812. The van der Waals surface area contributed by atoms with E-state index < -0.39 is 0 Å². The lowest BCUT2D eigenvalue weighted by Gasteiger charge is -2.12. The summed E-state index contributed by atoms with van der Waals surface area (Å²) in [5.74, 6) is 0.852. The Balaban J connectivity index is 1.78. The summed E-state index contributed by atoms with van der Waals surface area (Å²) in [4.78, 5) is 4.25. The van der Waals surface area contributed by atoms with Crippen LogP contribution in [0.5, 0.6) is 0 Å². The van der Waals surface area contributed by atoms with Crippen LogP contribution in [0.15, 0.2) is 40.0 Å². The second kappa shape index (κ2) is 7.84. The first kappa shape index (κ1) is 15.6. The predicted molar refractivity (Wildman–Crippen MR) is 92.1 cm³/mol. The molecule has 21 heavy (non-hydrogen) atoms. The van der Waals surface area contributed by atoms with Gasteiger partial charge >= 0.3 is 0 Å². The summed E-state index contributed by atoms with van der Waals surface area (Å²) in [5.41, 5.74) is 5.31. The summed E-state index contributed by atoms with van der Waals surface area (Å²) in [6.45, 7) is 5.98. The summed E-state index contributed by atoms with van der Waals surface area (Å²) in [6.07, 6.45) is 1.00. The van der Waals surface area contributed by atoms with Gasteiger partial charge in [-0.05, 0) is 48.2 Å². The fourth-order valence-corrected chi connectivity index (χ4v) is 3.01. The molecule has 2 rings (SSSR count). The quantitative estimate of drug-likeness (QED) is 0.657. The van der Waals surface area contributed by atoms with E-state index in [1.807, 2.05) is 0 Å². The minimum atomic E-state index is 0.812. The van der Waals surface area contributed by atoms with E-state index in [2.05, 4.69) is 64.5 Å². The monoisotopic (exact) mass is 301 g/mol. The highest BCUT2D eigenvalue weighted by Crippen LogP contribution is 2.09. The maximum atomic E-state index is 4.25. The van der Waals surface area contributed by atoms with Crippen LogP contribution in [0.1, 0.15) is 22.3 Å². The molecule has 1 aromatic heterocycles. The van der Waals surface area contributed by atoms with Crippen molar-refractivity contribution in [2.75, 3.05) is 13.6 Å². The minimum Gasteiger partial charge on any atom is -0.356 e. The molecule has 0 fully saturated rings. The molecular formula is C17H23N3S. The van der Waals surface area contributed by atoms with Crippen molar-refractivity contribution in [1.82, 2.24) is 10.6 Å². The average Bonchev–Trinajstić information content (AvgIpc) is 2.94. The Labute approximate surface area is 131 Å². The largest absolute Gasteiger partial charge is 0.356 e. The Morgan fingerprint density at radius 1 is 1.10 bits per heavy atom. The molecule has 0 aliphatic carbocycles. The maximum absolute atomic E-state index is 4.25. The molecule has 0 unspecified atom stereocenters. The van der Waals surface area contributed by atoms with E-state index in [1.54, 1.807) is 18.4 Å². The fraction of sp³-hybridized carbons (Fsp3) is 0.353. The smallest absolute Gasteiger partial charge is 0.191 e. The molecule has 0 spiro atoms. The van der Waals surface area contributed by atoms with E-state index in [4.69, 9.17) is 0 Å². The van der Waals surface area contributed by atoms with E-state index in [0.717, 1.165) is 25.5 Å². The molecule has 0 aliphatic heterocycles. The Morgan fingerprint density at radius 2 is 1.86 bits per heavy atom.